The van der Waals surface area contributed by atoms with E-state index in [1.54, 1.807) is 36.4 Å². The van der Waals surface area contributed by atoms with Crippen LogP contribution < -0.4 is 18.9 Å². The Labute approximate surface area is 241 Å². The second-order valence-electron chi connectivity index (χ2n) is 9.96. The Morgan fingerprint density at radius 3 is 1.65 bits per heavy atom. The van der Waals surface area contributed by atoms with Gasteiger partial charge in [0.1, 0.15) is 23.0 Å². The van der Waals surface area contributed by atoms with Crippen LogP contribution in [0, 0.1) is 13.8 Å². The molecule has 0 saturated carbocycles. The summed E-state index contributed by atoms with van der Waals surface area (Å²) in [7, 11) is 0. The number of aryl methyl sites for hydroxylation is 2. The summed E-state index contributed by atoms with van der Waals surface area (Å²) in [6, 6.07) is 18.7. The number of cyclic esters (lactones) is 1. The van der Waals surface area contributed by atoms with Gasteiger partial charge in [-0.05, 0) is 107 Å². The molecule has 1 aliphatic rings. The molecule has 0 unspecified atom stereocenters. The first-order chi connectivity index (χ1) is 20.7. The van der Waals surface area contributed by atoms with Crippen molar-refractivity contribution < 1.29 is 48.3 Å². The molecule has 0 aromatic heterocycles. The lowest BCUT2D eigenvalue weighted by molar-refractivity contribution is 0.135. The van der Waals surface area contributed by atoms with Crippen LogP contribution in [-0.2, 0) is 4.74 Å². The molecule has 6 aromatic rings. The zero-order chi connectivity index (χ0) is 30.0. The number of carboxylic acid groups (broad SMARTS) is 2. The molecule has 0 fully saturated rings. The van der Waals surface area contributed by atoms with Gasteiger partial charge in [-0.2, -0.15) is 4.99 Å². The maximum Gasteiger partial charge on any atom is 0.523 e. The van der Waals surface area contributed by atoms with Crippen molar-refractivity contribution in [3.05, 3.63) is 77.9 Å². The van der Waals surface area contributed by atoms with Gasteiger partial charge in [-0.1, -0.05) is 6.07 Å². The van der Waals surface area contributed by atoms with Gasteiger partial charge in [-0.25, -0.2) is 14.4 Å². The van der Waals surface area contributed by atoms with Crippen LogP contribution in [0.25, 0.3) is 43.1 Å². The van der Waals surface area contributed by atoms with Crippen molar-refractivity contribution in [2.75, 3.05) is 0 Å². The van der Waals surface area contributed by atoms with E-state index in [4.69, 9.17) is 23.7 Å². The molecule has 0 amide bonds. The summed E-state index contributed by atoms with van der Waals surface area (Å²) in [6.07, 6.45) is -4.48. The first-order valence-electron chi connectivity index (χ1n) is 12.9. The minimum absolute atomic E-state index is 0.0895. The molecule has 43 heavy (non-hydrogen) atoms. The van der Waals surface area contributed by atoms with E-state index in [9.17, 15) is 24.6 Å². The minimum atomic E-state index is -1.57. The van der Waals surface area contributed by atoms with Gasteiger partial charge in [-0.3, -0.25) is 0 Å². The van der Waals surface area contributed by atoms with Crippen LogP contribution in [0.3, 0.4) is 0 Å². The number of hydrogen-bond donors (Lipinski definition) is 2. The quantitative estimate of drug-likeness (QED) is 0.0914. The lowest BCUT2D eigenvalue weighted by Crippen LogP contribution is -2.23. The number of ether oxygens (including phenoxy) is 5. The SMILES string of the molecule is Cc1cc(C)cc(N=C2OC(=O)Oc3ccc4c5ccc(OC(=O)O)c6c(OC(=O)O)ccc(c7ccc(c3c47)O2)c65)c1. The fourth-order valence-corrected chi connectivity index (χ4v) is 5.76. The van der Waals surface area contributed by atoms with E-state index in [2.05, 4.69) is 4.99 Å². The smallest absolute Gasteiger partial charge is 0.449 e. The van der Waals surface area contributed by atoms with Gasteiger partial charge in [0.25, 0.3) is 0 Å². The molecule has 11 nitrogen and oxygen atoms in total. The van der Waals surface area contributed by atoms with Gasteiger partial charge in [0.05, 0.1) is 16.5 Å². The van der Waals surface area contributed by atoms with Crippen molar-refractivity contribution in [3.63, 3.8) is 0 Å². The highest BCUT2D eigenvalue weighted by molar-refractivity contribution is 6.35. The number of hydrogen-bond acceptors (Lipinski definition) is 9. The predicted molar refractivity (Wildman–Crippen MR) is 156 cm³/mol. The molecule has 6 aromatic carbocycles. The van der Waals surface area contributed by atoms with Gasteiger partial charge in [0.2, 0.25) is 0 Å². The molecule has 0 spiro atoms. The molecular weight excluding hydrogens is 558 g/mol. The van der Waals surface area contributed by atoms with Gasteiger partial charge in [0.15, 0.2) is 0 Å². The zero-order valence-electron chi connectivity index (χ0n) is 22.5. The average Bonchev–Trinajstić information content (AvgIpc) is 2.92. The lowest BCUT2D eigenvalue weighted by atomic mass is 9.88. The third-order valence-corrected chi connectivity index (χ3v) is 7.13. The third-order valence-electron chi connectivity index (χ3n) is 7.13. The van der Waals surface area contributed by atoms with Gasteiger partial charge in [-0.15, -0.1) is 0 Å². The standard InChI is InChI=1S/C32H19NO10/c1-14-11-15(2)13-16(12-14)33-29-39-21-7-3-17-18-4-8-22(40-30(34)35)28-23(41-31(36)37)9-5-19(26(18)28)20-6-10-24(27(21)25(17)20)42-32(38)43-29/h3-13H,1-2H3,(H,34,35)(H,36,37). The first-order valence-corrected chi connectivity index (χ1v) is 12.9. The Morgan fingerprint density at radius 2 is 1.12 bits per heavy atom. The number of benzene rings is 6. The summed E-state index contributed by atoms with van der Waals surface area (Å²) in [6.45, 7) is 3.85. The maximum atomic E-state index is 12.7. The summed E-state index contributed by atoms with van der Waals surface area (Å²) in [5.74, 6) is 0.340. The Hall–Kier alpha value is -6.10. The zero-order valence-corrected chi connectivity index (χ0v) is 22.5. The fourth-order valence-electron chi connectivity index (χ4n) is 5.76. The first kappa shape index (κ1) is 25.8. The van der Waals surface area contributed by atoms with E-state index < -0.39 is 18.5 Å². The topological polar surface area (TPSA) is 150 Å². The Kier molecular flexibility index (Phi) is 5.70. The van der Waals surface area contributed by atoms with E-state index in [1.807, 2.05) is 32.0 Å². The molecule has 0 radical (unpaired) electrons. The number of aliphatic imine (C=N–C) groups is 1. The highest BCUT2D eigenvalue weighted by Crippen LogP contribution is 2.49. The number of carbonyl (C=O) groups is 3. The number of nitrogens with zero attached hydrogens (tertiary/aromatic N) is 1. The second-order valence-corrected chi connectivity index (χ2v) is 9.96. The summed E-state index contributed by atoms with van der Waals surface area (Å²) in [4.78, 5) is 40.1. The highest BCUT2D eigenvalue weighted by atomic mass is 16.8. The van der Waals surface area contributed by atoms with Crippen molar-refractivity contribution in [2.24, 2.45) is 4.99 Å². The maximum absolute atomic E-state index is 12.7. The largest absolute Gasteiger partial charge is 0.523 e. The van der Waals surface area contributed by atoms with Crippen molar-refractivity contribution >= 4 is 73.3 Å². The molecule has 7 rings (SSSR count). The third kappa shape index (κ3) is 4.30. The normalized spacial score (nSPS) is 13.9. The lowest BCUT2D eigenvalue weighted by Gasteiger charge is -2.21. The Balaban J connectivity index is 1.52. The monoisotopic (exact) mass is 577 g/mol. The van der Waals surface area contributed by atoms with Crippen LogP contribution in [0.1, 0.15) is 11.1 Å². The van der Waals surface area contributed by atoms with Gasteiger partial charge < -0.3 is 33.9 Å². The van der Waals surface area contributed by atoms with E-state index >= 15 is 0 Å². The number of carbonyl (C=O) groups excluding carboxylic acids is 1. The number of fused-ring (bicyclic) bond motifs is 2. The molecule has 11 heteroatoms. The van der Waals surface area contributed by atoms with Crippen molar-refractivity contribution in [1.29, 1.82) is 0 Å². The molecular formula is C32H19NO10. The van der Waals surface area contributed by atoms with E-state index in [-0.39, 0.29) is 28.7 Å². The van der Waals surface area contributed by atoms with Crippen LogP contribution in [0.5, 0.6) is 23.0 Å². The highest BCUT2D eigenvalue weighted by Gasteiger charge is 2.27. The van der Waals surface area contributed by atoms with Gasteiger partial charge in [0, 0.05) is 10.8 Å². The van der Waals surface area contributed by atoms with Gasteiger partial charge >= 0.3 is 24.5 Å². The van der Waals surface area contributed by atoms with E-state index in [0.29, 0.717) is 49.1 Å². The molecule has 0 aliphatic carbocycles. The summed E-state index contributed by atoms with van der Waals surface area (Å²) < 4.78 is 27.0. The Morgan fingerprint density at radius 1 is 0.628 bits per heavy atom. The average molecular weight is 578 g/mol. The van der Waals surface area contributed by atoms with Crippen LogP contribution in [-0.4, -0.2) is 34.8 Å². The van der Waals surface area contributed by atoms with Crippen LogP contribution in [0.2, 0.25) is 0 Å². The second kappa shape index (κ2) is 9.48. The van der Waals surface area contributed by atoms with Crippen LogP contribution in [0.4, 0.5) is 20.1 Å². The summed E-state index contributed by atoms with van der Waals surface area (Å²) in [5, 5.41) is 23.2. The summed E-state index contributed by atoms with van der Waals surface area (Å²) in [5.41, 5.74) is 2.47. The fraction of sp³-hybridized carbons (Fsp3) is 0.0625. The molecule has 1 aliphatic heterocycles. The molecule has 212 valence electrons. The molecule has 1 heterocycles. The summed E-state index contributed by atoms with van der Waals surface area (Å²) >= 11 is 0. The molecule has 0 bridgehead atoms. The van der Waals surface area contributed by atoms with Crippen LogP contribution >= 0.6 is 0 Å². The van der Waals surface area contributed by atoms with E-state index in [1.165, 1.54) is 12.1 Å². The van der Waals surface area contributed by atoms with Crippen molar-refractivity contribution in [1.82, 2.24) is 0 Å². The van der Waals surface area contributed by atoms with Crippen LogP contribution in [0.15, 0.2) is 71.7 Å². The van der Waals surface area contributed by atoms with E-state index in [0.717, 1.165) is 11.1 Å². The van der Waals surface area contributed by atoms with Crippen molar-refractivity contribution in [2.45, 2.75) is 13.8 Å². The minimum Gasteiger partial charge on any atom is -0.449 e. The Bertz CT molecular complexity index is 2130. The number of rotatable bonds is 3. The predicted octanol–water partition coefficient (Wildman–Crippen LogP) is 8.06. The van der Waals surface area contributed by atoms with Crippen molar-refractivity contribution in [3.8, 4) is 23.0 Å². The molecule has 0 atom stereocenters. The molecule has 2 N–H and O–H groups in total. The molecule has 0 saturated heterocycles.